The summed E-state index contributed by atoms with van der Waals surface area (Å²) in [7, 11) is 4.01. The van der Waals surface area contributed by atoms with Gasteiger partial charge < -0.3 is 15.3 Å². The Balaban J connectivity index is 0.00000220. The van der Waals surface area contributed by atoms with Crippen molar-refractivity contribution in [3.63, 3.8) is 0 Å². The zero-order valence-corrected chi connectivity index (χ0v) is 14.3. The maximum absolute atomic E-state index is 9.37. The molecule has 1 fully saturated rings. The van der Waals surface area contributed by atoms with Crippen LogP contribution >= 0.6 is 24.0 Å². The first kappa shape index (κ1) is 18.5. The van der Waals surface area contributed by atoms with E-state index in [0.29, 0.717) is 0 Å². The summed E-state index contributed by atoms with van der Waals surface area (Å²) in [5, 5.41) is 13.5. The van der Waals surface area contributed by atoms with Crippen molar-refractivity contribution < 1.29 is 5.11 Å². The predicted molar refractivity (Wildman–Crippen MR) is 91.9 cm³/mol. The molecule has 1 aromatic carbocycles. The Hall–Kier alpha value is -0.520. The van der Waals surface area contributed by atoms with E-state index in [0.717, 1.165) is 48.9 Å². The van der Waals surface area contributed by atoms with Crippen molar-refractivity contribution in [1.29, 1.82) is 0 Å². The Morgan fingerprint density at radius 1 is 1.33 bits per heavy atom. The molecule has 0 aliphatic carbocycles. The Kier molecular flexibility index (Phi) is 7.77. The maximum atomic E-state index is 9.37. The Morgan fingerprint density at radius 2 is 2.00 bits per heavy atom. The van der Waals surface area contributed by atoms with Crippen molar-refractivity contribution in [3.05, 3.63) is 28.8 Å². The lowest BCUT2D eigenvalue weighted by Gasteiger charge is -2.35. The summed E-state index contributed by atoms with van der Waals surface area (Å²) in [6.07, 6.45) is 0.723. The number of piperazine rings is 1. The second-order valence-corrected chi connectivity index (χ2v) is 5.82. The van der Waals surface area contributed by atoms with Gasteiger partial charge in [-0.2, -0.15) is 0 Å². The number of aliphatic hydroxyl groups is 1. The average Bonchev–Trinajstić information content (AvgIpc) is 2.46. The zero-order valence-electron chi connectivity index (χ0n) is 12.7. The lowest BCUT2D eigenvalue weighted by Crippen LogP contribution is -2.45. The van der Waals surface area contributed by atoms with Crippen LogP contribution in [0.1, 0.15) is 18.0 Å². The van der Waals surface area contributed by atoms with Gasteiger partial charge in [-0.3, -0.25) is 4.90 Å². The van der Waals surface area contributed by atoms with Gasteiger partial charge in [-0.05, 0) is 24.1 Å². The summed E-state index contributed by atoms with van der Waals surface area (Å²) >= 11 is 6.47. The van der Waals surface area contributed by atoms with E-state index in [4.69, 9.17) is 11.6 Å². The molecular formula is C15H25Cl2N3O. The SMILES string of the molecule is CN(C)c1ccc([C@H](CCO)N2CCNCC2)c(Cl)c1.Cl. The molecule has 1 aliphatic rings. The summed E-state index contributed by atoms with van der Waals surface area (Å²) in [6.45, 7) is 4.16. The van der Waals surface area contributed by atoms with Crippen LogP contribution in [0.25, 0.3) is 0 Å². The van der Waals surface area contributed by atoms with Crippen LogP contribution in [0.4, 0.5) is 5.69 Å². The highest BCUT2D eigenvalue weighted by atomic mass is 35.5. The molecule has 0 aromatic heterocycles. The van der Waals surface area contributed by atoms with Gasteiger partial charge in [0, 0.05) is 63.6 Å². The molecular weight excluding hydrogens is 309 g/mol. The molecule has 6 heteroatoms. The maximum Gasteiger partial charge on any atom is 0.0474 e. The minimum atomic E-state index is 0. The highest BCUT2D eigenvalue weighted by Crippen LogP contribution is 2.32. The van der Waals surface area contributed by atoms with Crippen LogP contribution in [0.15, 0.2) is 18.2 Å². The fourth-order valence-corrected chi connectivity index (χ4v) is 3.02. The molecule has 4 nitrogen and oxygen atoms in total. The van der Waals surface area contributed by atoms with Crippen molar-refractivity contribution in [2.45, 2.75) is 12.5 Å². The first-order valence-corrected chi connectivity index (χ1v) is 7.53. The number of nitrogens with zero attached hydrogens (tertiary/aromatic N) is 2. The summed E-state index contributed by atoms with van der Waals surface area (Å²) in [5.41, 5.74) is 2.22. The molecule has 1 aromatic rings. The highest BCUT2D eigenvalue weighted by molar-refractivity contribution is 6.31. The molecule has 0 bridgehead atoms. The van der Waals surface area contributed by atoms with Gasteiger partial charge in [-0.1, -0.05) is 17.7 Å². The standard InChI is InChI=1S/C15H24ClN3O.ClH/c1-18(2)12-3-4-13(14(16)11-12)15(5-10-20)19-8-6-17-7-9-19;/h3-4,11,15,17,20H,5-10H2,1-2H3;1H/t15-;/m0./s1. The molecule has 0 saturated carbocycles. The van der Waals surface area contributed by atoms with Crippen LogP contribution in [0, 0.1) is 0 Å². The van der Waals surface area contributed by atoms with Gasteiger partial charge >= 0.3 is 0 Å². The van der Waals surface area contributed by atoms with E-state index in [1.165, 1.54) is 0 Å². The minimum absolute atomic E-state index is 0. The summed E-state index contributed by atoms with van der Waals surface area (Å²) in [5.74, 6) is 0. The predicted octanol–water partition coefficient (Wildman–Crippen LogP) is 2.16. The highest BCUT2D eigenvalue weighted by Gasteiger charge is 2.23. The van der Waals surface area contributed by atoms with Crippen LogP contribution in [0.2, 0.25) is 5.02 Å². The number of anilines is 1. The molecule has 21 heavy (non-hydrogen) atoms. The lowest BCUT2D eigenvalue weighted by atomic mass is 10.0. The molecule has 1 heterocycles. The third-order valence-electron chi connectivity index (χ3n) is 3.85. The molecule has 0 amide bonds. The van der Waals surface area contributed by atoms with Crippen LogP contribution in [0.5, 0.6) is 0 Å². The van der Waals surface area contributed by atoms with E-state index in [2.05, 4.69) is 22.3 Å². The van der Waals surface area contributed by atoms with Gasteiger partial charge in [0.25, 0.3) is 0 Å². The monoisotopic (exact) mass is 333 g/mol. The average molecular weight is 334 g/mol. The van der Waals surface area contributed by atoms with E-state index in [9.17, 15) is 5.11 Å². The molecule has 0 radical (unpaired) electrons. The molecule has 2 N–H and O–H groups in total. The molecule has 1 aliphatic heterocycles. The molecule has 120 valence electrons. The van der Waals surface area contributed by atoms with Crippen molar-refractivity contribution in [1.82, 2.24) is 10.2 Å². The van der Waals surface area contributed by atoms with Crippen LogP contribution in [0.3, 0.4) is 0 Å². The number of nitrogens with one attached hydrogen (secondary N) is 1. The van der Waals surface area contributed by atoms with Gasteiger partial charge in [-0.25, -0.2) is 0 Å². The van der Waals surface area contributed by atoms with Gasteiger partial charge in [0.2, 0.25) is 0 Å². The topological polar surface area (TPSA) is 38.7 Å². The van der Waals surface area contributed by atoms with E-state index < -0.39 is 0 Å². The van der Waals surface area contributed by atoms with Crippen LogP contribution in [-0.2, 0) is 0 Å². The summed E-state index contributed by atoms with van der Waals surface area (Å²) in [4.78, 5) is 4.45. The number of halogens is 2. The minimum Gasteiger partial charge on any atom is -0.396 e. The van der Waals surface area contributed by atoms with E-state index in [1.807, 2.05) is 25.1 Å². The Bertz CT molecular complexity index is 437. The van der Waals surface area contributed by atoms with Crippen LogP contribution in [-0.4, -0.2) is 56.9 Å². The molecule has 0 spiro atoms. The number of benzene rings is 1. The Labute approximate surface area is 138 Å². The number of rotatable bonds is 5. The quantitative estimate of drug-likeness (QED) is 0.866. The second-order valence-electron chi connectivity index (χ2n) is 5.41. The van der Waals surface area contributed by atoms with Crippen LogP contribution < -0.4 is 10.2 Å². The third kappa shape index (κ3) is 4.73. The molecule has 0 unspecified atom stereocenters. The fraction of sp³-hybridized carbons (Fsp3) is 0.600. The number of hydrogen-bond acceptors (Lipinski definition) is 4. The smallest absolute Gasteiger partial charge is 0.0474 e. The zero-order chi connectivity index (χ0) is 14.5. The van der Waals surface area contributed by atoms with E-state index in [1.54, 1.807) is 0 Å². The molecule has 1 saturated heterocycles. The molecule has 2 rings (SSSR count). The molecule has 1 atom stereocenters. The number of hydrogen-bond donors (Lipinski definition) is 2. The lowest BCUT2D eigenvalue weighted by molar-refractivity contribution is 0.141. The van der Waals surface area contributed by atoms with Crippen molar-refractivity contribution in [2.75, 3.05) is 51.8 Å². The fourth-order valence-electron chi connectivity index (χ4n) is 2.72. The van der Waals surface area contributed by atoms with Gasteiger partial charge in [0.1, 0.15) is 0 Å². The summed E-state index contributed by atoms with van der Waals surface area (Å²) < 4.78 is 0. The summed E-state index contributed by atoms with van der Waals surface area (Å²) in [6, 6.07) is 6.39. The Morgan fingerprint density at radius 3 is 2.52 bits per heavy atom. The second kappa shape index (κ2) is 8.81. The van der Waals surface area contributed by atoms with Gasteiger partial charge in [-0.15, -0.1) is 12.4 Å². The van der Waals surface area contributed by atoms with Crippen molar-refractivity contribution in [3.8, 4) is 0 Å². The first-order chi connectivity index (χ1) is 9.63. The van der Waals surface area contributed by atoms with Gasteiger partial charge in [0.15, 0.2) is 0 Å². The van der Waals surface area contributed by atoms with E-state index >= 15 is 0 Å². The number of aliphatic hydroxyl groups excluding tert-OH is 1. The van der Waals surface area contributed by atoms with E-state index in [-0.39, 0.29) is 25.1 Å². The van der Waals surface area contributed by atoms with Crippen molar-refractivity contribution >= 4 is 29.7 Å². The first-order valence-electron chi connectivity index (χ1n) is 7.16. The largest absolute Gasteiger partial charge is 0.396 e. The van der Waals surface area contributed by atoms with Gasteiger partial charge in [0.05, 0.1) is 0 Å². The van der Waals surface area contributed by atoms with Crippen molar-refractivity contribution in [2.24, 2.45) is 0 Å². The normalized spacial score (nSPS) is 17.1. The third-order valence-corrected chi connectivity index (χ3v) is 4.18.